The van der Waals surface area contributed by atoms with Gasteiger partial charge in [0.1, 0.15) is 16.9 Å². The molecule has 0 saturated heterocycles. The fourth-order valence-electron chi connectivity index (χ4n) is 0.969. The summed E-state index contributed by atoms with van der Waals surface area (Å²) < 4.78 is 41.2. The van der Waals surface area contributed by atoms with E-state index in [2.05, 4.69) is 25.7 Å². The number of nitrogens with two attached hydrogens (primary N) is 1. The Morgan fingerprint density at radius 2 is 2.19 bits per heavy atom. The van der Waals surface area contributed by atoms with Gasteiger partial charge in [0.15, 0.2) is 0 Å². The van der Waals surface area contributed by atoms with Crippen molar-refractivity contribution < 1.29 is 22.7 Å². The normalized spacial score (nSPS) is 11.2. The third-order valence-corrected chi connectivity index (χ3v) is 2.29. The summed E-state index contributed by atoms with van der Waals surface area (Å²) in [6, 6.07) is 0.737. The van der Waals surface area contributed by atoms with E-state index < -0.39 is 16.3 Å². The van der Waals surface area contributed by atoms with Gasteiger partial charge in [-0.1, -0.05) is 0 Å². The molecule has 1 heterocycles. The number of nitrogen functional groups attached to an aromatic ring is 1. The molecule has 4 nitrogen and oxygen atoms in total. The topological polar surface area (TPSA) is 65.2 Å². The molecule has 0 aliphatic carbocycles. The summed E-state index contributed by atoms with van der Waals surface area (Å²) in [5.41, 5.74) is 4.26. The molecule has 1 aromatic rings. The second kappa shape index (κ2) is 4.69. The quantitative estimate of drug-likeness (QED) is 0.686. The molecule has 0 aromatic carbocycles. The van der Waals surface area contributed by atoms with Crippen LogP contribution in [0.5, 0.6) is 0 Å². The molecule has 0 saturated carbocycles. The highest BCUT2D eigenvalue weighted by molar-refractivity contribution is 9.10. The van der Waals surface area contributed by atoms with Crippen molar-refractivity contribution in [1.82, 2.24) is 4.98 Å². The van der Waals surface area contributed by atoms with Crippen molar-refractivity contribution in [3.63, 3.8) is 0 Å². The third kappa shape index (κ3) is 2.84. The zero-order valence-electron chi connectivity index (χ0n) is 7.71. The average Bonchev–Trinajstić information content (AvgIpc) is 2.17. The Labute approximate surface area is 96.7 Å². The fraction of sp³-hybridized carbons (Fsp3) is 0.250. The molecule has 88 valence electrons. The molecule has 1 aromatic heterocycles. The molecular weight excluding hydrogens is 293 g/mol. The lowest BCUT2D eigenvalue weighted by atomic mass is 10.2. The van der Waals surface area contributed by atoms with Crippen LogP contribution in [0.25, 0.3) is 0 Å². The fourth-order valence-corrected chi connectivity index (χ4v) is 1.52. The van der Waals surface area contributed by atoms with Crippen molar-refractivity contribution in [2.45, 2.75) is 12.8 Å². The minimum absolute atomic E-state index is 0.0620. The lowest BCUT2D eigenvalue weighted by molar-refractivity contribution is -0.138. The number of carbonyl (C=O) groups is 1. The number of carbonyl (C=O) groups excluding carboxylic acids is 1. The lowest BCUT2D eigenvalue weighted by Crippen LogP contribution is -2.11. The number of nitrogens with zero attached hydrogens (tertiary/aromatic N) is 1. The number of hydrogen-bond donors (Lipinski definition) is 1. The summed E-state index contributed by atoms with van der Waals surface area (Å²) in [6.45, 7) is -0.112. The number of hydrogen-bond acceptors (Lipinski definition) is 4. The molecule has 0 atom stereocenters. The van der Waals surface area contributed by atoms with Gasteiger partial charge in [-0.3, -0.25) is 4.79 Å². The zero-order chi connectivity index (χ0) is 12.3. The number of aromatic nitrogens is 1. The molecule has 0 fully saturated rings. The van der Waals surface area contributed by atoms with E-state index in [-0.39, 0.29) is 24.5 Å². The first-order chi connectivity index (χ1) is 7.36. The van der Waals surface area contributed by atoms with Crippen LogP contribution in [0.4, 0.5) is 18.9 Å². The Morgan fingerprint density at radius 1 is 1.56 bits per heavy atom. The number of anilines is 1. The highest BCUT2D eigenvalue weighted by Gasteiger charge is 2.34. The number of ether oxygens (including phenoxy) is 1. The van der Waals surface area contributed by atoms with E-state index in [0.717, 1.165) is 6.07 Å². The van der Waals surface area contributed by atoms with E-state index in [1.165, 1.54) is 0 Å². The van der Waals surface area contributed by atoms with Gasteiger partial charge in [0.25, 0.3) is 6.47 Å². The van der Waals surface area contributed by atoms with Crippen molar-refractivity contribution in [2.75, 3.05) is 5.73 Å². The van der Waals surface area contributed by atoms with Gasteiger partial charge in [-0.25, -0.2) is 4.98 Å². The smallest absolute Gasteiger partial charge is 0.419 e. The van der Waals surface area contributed by atoms with E-state index in [1.54, 1.807) is 0 Å². The van der Waals surface area contributed by atoms with Gasteiger partial charge in [0, 0.05) is 0 Å². The first kappa shape index (κ1) is 12.8. The predicted octanol–water partition coefficient (Wildman–Crippen LogP) is 2.12. The largest absolute Gasteiger partial charge is 0.461 e. The maximum Gasteiger partial charge on any atom is 0.419 e. The van der Waals surface area contributed by atoms with Crippen molar-refractivity contribution in [3.8, 4) is 0 Å². The SMILES string of the molecule is Nc1cc(C(F)(F)F)c(Br)nc1COC=O. The molecule has 2 N–H and O–H groups in total. The molecule has 1 rings (SSSR count). The number of pyridine rings is 1. The Balaban J connectivity index is 3.11. The van der Waals surface area contributed by atoms with Gasteiger partial charge in [-0.15, -0.1) is 0 Å². The van der Waals surface area contributed by atoms with Crippen LogP contribution in [0.3, 0.4) is 0 Å². The molecule has 0 aliphatic rings. The first-order valence-electron chi connectivity index (χ1n) is 3.93. The highest BCUT2D eigenvalue weighted by atomic mass is 79.9. The van der Waals surface area contributed by atoms with Crippen LogP contribution >= 0.6 is 15.9 Å². The molecule has 0 bridgehead atoms. The van der Waals surface area contributed by atoms with Crippen LogP contribution in [0.15, 0.2) is 10.7 Å². The Kier molecular flexibility index (Phi) is 3.74. The number of alkyl halides is 3. The molecule has 0 aliphatic heterocycles. The molecule has 0 spiro atoms. The second-order valence-electron chi connectivity index (χ2n) is 2.77. The average molecular weight is 299 g/mol. The number of rotatable bonds is 3. The van der Waals surface area contributed by atoms with E-state index in [9.17, 15) is 18.0 Å². The Bertz CT molecular complexity index is 409. The van der Waals surface area contributed by atoms with Crippen molar-refractivity contribution >= 4 is 28.1 Å². The monoisotopic (exact) mass is 298 g/mol. The van der Waals surface area contributed by atoms with Gasteiger partial charge in [0.2, 0.25) is 0 Å². The van der Waals surface area contributed by atoms with Gasteiger partial charge in [-0.2, -0.15) is 13.2 Å². The highest BCUT2D eigenvalue weighted by Crippen LogP contribution is 2.35. The maximum atomic E-state index is 12.4. The van der Waals surface area contributed by atoms with Crippen LogP contribution in [0.1, 0.15) is 11.3 Å². The standard InChI is InChI=1S/C8H6BrF3N2O2/c9-7-4(8(10,11)12)1-5(13)6(14-7)2-16-3-15/h1,3H,2,13H2. The molecule has 16 heavy (non-hydrogen) atoms. The minimum Gasteiger partial charge on any atom is -0.461 e. The van der Waals surface area contributed by atoms with E-state index in [0.29, 0.717) is 0 Å². The van der Waals surface area contributed by atoms with Crippen molar-refractivity contribution in [2.24, 2.45) is 0 Å². The van der Waals surface area contributed by atoms with E-state index in [4.69, 9.17) is 5.73 Å². The Morgan fingerprint density at radius 3 is 2.69 bits per heavy atom. The summed E-state index contributed by atoms with van der Waals surface area (Å²) >= 11 is 2.68. The van der Waals surface area contributed by atoms with Gasteiger partial charge >= 0.3 is 6.18 Å². The van der Waals surface area contributed by atoms with Crippen molar-refractivity contribution in [3.05, 3.63) is 21.9 Å². The summed E-state index contributed by atoms with van der Waals surface area (Å²) in [5.74, 6) is 0. The molecular formula is C8H6BrF3N2O2. The number of halogens is 4. The van der Waals surface area contributed by atoms with Gasteiger partial charge in [0.05, 0.1) is 11.3 Å². The van der Waals surface area contributed by atoms with Gasteiger partial charge < -0.3 is 10.5 Å². The summed E-state index contributed by atoms with van der Waals surface area (Å²) in [4.78, 5) is 13.5. The van der Waals surface area contributed by atoms with Crippen LogP contribution < -0.4 is 5.73 Å². The van der Waals surface area contributed by atoms with E-state index >= 15 is 0 Å². The van der Waals surface area contributed by atoms with Crippen LogP contribution in [0.2, 0.25) is 0 Å². The molecule has 0 radical (unpaired) electrons. The first-order valence-corrected chi connectivity index (χ1v) is 4.73. The van der Waals surface area contributed by atoms with Gasteiger partial charge in [-0.05, 0) is 22.0 Å². The summed E-state index contributed by atoms with van der Waals surface area (Å²) in [5, 5.41) is 0. The zero-order valence-corrected chi connectivity index (χ0v) is 9.30. The lowest BCUT2D eigenvalue weighted by Gasteiger charge is -2.11. The summed E-state index contributed by atoms with van der Waals surface area (Å²) in [6.07, 6.45) is -4.54. The minimum atomic E-state index is -4.54. The molecule has 0 unspecified atom stereocenters. The summed E-state index contributed by atoms with van der Waals surface area (Å²) in [7, 11) is 0. The predicted molar refractivity (Wildman–Crippen MR) is 52.2 cm³/mol. The molecule has 0 amide bonds. The third-order valence-electron chi connectivity index (χ3n) is 1.68. The molecule has 8 heteroatoms. The second-order valence-corrected chi connectivity index (χ2v) is 3.52. The van der Waals surface area contributed by atoms with E-state index in [1.807, 2.05) is 0 Å². The van der Waals surface area contributed by atoms with Crippen molar-refractivity contribution in [1.29, 1.82) is 0 Å². The van der Waals surface area contributed by atoms with Crippen LogP contribution in [-0.2, 0) is 22.3 Å². The van der Waals surface area contributed by atoms with Crippen LogP contribution in [0, 0.1) is 0 Å². The van der Waals surface area contributed by atoms with Crippen LogP contribution in [-0.4, -0.2) is 11.5 Å². The Hall–Kier alpha value is -1.31. The maximum absolute atomic E-state index is 12.4.